The summed E-state index contributed by atoms with van der Waals surface area (Å²) in [6, 6.07) is 8.19. The van der Waals surface area contributed by atoms with Gasteiger partial charge in [-0.05, 0) is 13.0 Å². The molecule has 8 heteroatoms. The van der Waals surface area contributed by atoms with Crippen molar-refractivity contribution in [1.82, 2.24) is 25.3 Å². The molecule has 0 aliphatic rings. The largest absolute Gasteiger partial charge is 0.345 e. The maximum absolute atomic E-state index is 12.1. The molecule has 2 heterocycles. The number of nitrogens with two attached hydrogens (primary N) is 1. The van der Waals surface area contributed by atoms with Crippen LogP contribution in [-0.2, 0) is 13.1 Å². The number of nitrogens with zero attached hydrogens (tertiary/aromatic N) is 4. The lowest BCUT2D eigenvalue weighted by Gasteiger charge is -2.00. The van der Waals surface area contributed by atoms with Gasteiger partial charge in [-0.3, -0.25) is 9.48 Å². The fourth-order valence-corrected chi connectivity index (χ4v) is 3.02. The Morgan fingerprint density at radius 2 is 2.29 bits per heavy atom. The van der Waals surface area contributed by atoms with E-state index in [1.807, 2.05) is 17.5 Å². The summed E-state index contributed by atoms with van der Waals surface area (Å²) in [6.45, 7) is 3.39. The van der Waals surface area contributed by atoms with Crippen LogP contribution in [0.1, 0.15) is 21.7 Å². The van der Waals surface area contributed by atoms with Crippen LogP contribution in [0.2, 0.25) is 0 Å². The zero-order valence-corrected chi connectivity index (χ0v) is 14.1. The third-order valence-electron chi connectivity index (χ3n) is 3.38. The number of hydrogen-bond donors (Lipinski definition) is 2. The molecule has 0 atom stereocenters. The van der Waals surface area contributed by atoms with Crippen molar-refractivity contribution < 1.29 is 4.79 Å². The Morgan fingerprint density at radius 1 is 1.42 bits per heavy atom. The van der Waals surface area contributed by atoms with Crippen LogP contribution in [0.25, 0.3) is 10.6 Å². The minimum absolute atomic E-state index is 0.275. The van der Waals surface area contributed by atoms with Crippen molar-refractivity contribution in [2.75, 3.05) is 6.54 Å². The summed E-state index contributed by atoms with van der Waals surface area (Å²) < 4.78 is 1.55. The first kappa shape index (κ1) is 16.3. The number of thiazole rings is 1. The molecule has 0 fully saturated rings. The number of nitrogens with one attached hydrogen (secondary N) is 1. The lowest BCUT2D eigenvalue weighted by atomic mass is 10.1. The highest BCUT2D eigenvalue weighted by Gasteiger charge is 2.11. The van der Waals surface area contributed by atoms with Crippen LogP contribution in [0.3, 0.4) is 0 Å². The molecule has 0 bridgehead atoms. The summed E-state index contributed by atoms with van der Waals surface area (Å²) in [6.07, 6.45) is 1.58. The predicted octanol–water partition coefficient (Wildman–Crippen LogP) is 1.60. The predicted molar refractivity (Wildman–Crippen MR) is 92.5 cm³/mol. The van der Waals surface area contributed by atoms with Crippen molar-refractivity contribution >= 4 is 17.2 Å². The number of carbonyl (C=O) groups excluding carboxylic acids is 1. The van der Waals surface area contributed by atoms with Crippen LogP contribution in [0.15, 0.2) is 35.8 Å². The van der Waals surface area contributed by atoms with E-state index in [9.17, 15) is 4.79 Å². The van der Waals surface area contributed by atoms with Crippen molar-refractivity contribution in [3.63, 3.8) is 0 Å². The average Bonchev–Trinajstić information content (AvgIpc) is 3.22. The van der Waals surface area contributed by atoms with E-state index in [-0.39, 0.29) is 11.6 Å². The molecule has 1 amide bonds. The third-order valence-corrected chi connectivity index (χ3v) is 4.32. The first-order valence-corrected chi connectivity index (χ1v) is 8.43. The normalized spacial score (nSPS) is 10.8. The lowest BCUT2D eigenvalue weighted by molar-refractivity contribution is 0.0945. The summed E-state index contributed by atoms with van der Waals surface area (Å²) in [5.74, 6) is -0.275. The Morgan fingerprint density at radius 3 is 3.08 bits per heavy atom. The number of aromatic nitrogens is 4. The van der Waals surface area contributed by atoms with Crippen molar-refractivity contribution in [3.8, 4) is 10.6 Å². The van der Waals surface area contributed by atoms with Crippen LogP contribution in [-0.4, -0.2) is 32.4 Å². The number of carbonyl (C=O) groups is 1. The molecule has 0 unspecified atom stereocenters. The van der Waals surface area contributed by atoms with Gasteiger partial charge in [0.25, 0.3) is 5.91 Å². The van der Waals surface area contributed by atoms with Gasteiger partial charge in [0.15, 0.2) is 5.69 Å². The van der Waals surface area contributed by atoms with Gasteiger partial charge in [-0.1, -0.05) is 29.0 Å². The molecule has 3 rings (SSSR count). The minimum Gasteiger partial charge on any atom is -0.345 e. The molecular weight excluding hydrogens is 324 g/mol. The van der Waals surface area contributed by atoms with Gasteiger partial charge in [0.2, 0.25) is 0 Å². The molecule has 3 N–H and O–H groups in total. The Hall–Kier alpha value is -2.58. The summed E-state index contributed by atoms with van der Waals surface area (Å²) in [5, 5.41) is 13.4. The number of amides is 1. The van der Waals surface area contributed by atoms with Crippen molar-refractivity contribution in [2.24, 2.45) is 5.73 Å². The van der Waals surface area contributed by atoms with E-state index in [0.717, 1.165) is 16.3 Å². The number of aryl methyl sites for hydroxylation is 1. The Balaban J connectivity index is 1.61. The van der Waals surface area contributed by atoms with Gasteiger partial charge in [0.1, 0.15) is 5.01 Å². The highest BCUT2D eigenvalue weighted by atomic mass is 32.1. The van der Waals surface area contributed by atoms with E-state index < -0.39 is 0 Å². The molecule has 0 aliphatic carbocycles. The van der Waals surface area contributed by atoms with Crippen molar-refractivity contribution in [2.45, 2.75) is 20.0 Å². The maximum Gasteiger partial charge on any atom is 0.273 e. The average molecular weight is 342 g/mol. The summed E-state index contributed by atoms with van der Waals surface area (Å²) in [4.78, 5) is 16.6. The van der Waals surface area contributed by atoms with Gasteiger partial charge >= 0.3 is 0 Å². The van der Waals surface area contributed by atoms with Crippen LogP contribution < -0.4 is 11.1 Å². The van der Waals surface area contributed by atoms with E-state index in [1.54, 1.807) is 22.2 Å². The Labute approximate surface area is 143 Å². The molecule has 0 saturated heterocycles. The molecule has 2 aromatic heterocycles. The second-order valence-corrected chi connectivity index (χ2v) is 6.21. The van der Waals surface area contributed by atoms with Gasteiger partial charge in [-0.2, -0.15) is 0 Å². The molecule has 0 aliphatic heterocycles. The molecule has 0 radical (unpaired) electrons. The molecule has 24 heavy (non-hydrogen) atoms. The zero-order valence-electron chi connectivity index (χ0n) is 13.3. The summed E-state index contributed by atoms with van der Waals surface area (Å²) in [5.41, 5.74) is 8.82. The summed E-state index contributed by atoms with van der Waals surface area (Å²) in [7, 11) is 0. The van der Waals surface area contributed by atoms with Crippen LogP contribution in [0.5, 0.6) is 0 Å². The molecule has 124 valence electrons. The van der Waals surface area contributed by atoms with Crippen molar-refractivity contribution in [3.05, 3.63) is 52.8 Å². The monoisotopic (exact) mass is 342 g/mol. The fraction of sp³-hybridized carbons (Fsp3) is 0.250. The number of benzene rings is 1. The minimum atomic E-state index is -0.275. The second kappa shape index (κ2) is 7.33. The van der Waals surface area contributed by atoms with Gasteiger partial charge in [-0.25, -0.2) is 4.98 Å². The Kier molecular flexibility index (Phi) is 4.97. The van der Waals surface area contributed by atoms with Crippen LogP contribution >= 0.6 is 11.3 Å². The summed E-state index contributed by atoms with van der Waals surface area (Å²) >= 11 is 1.56. The quantitative estimate of drug-likeness (QED) is 0.709. The fourth-order valence-electron chi connectivity index (χ4n) is 2.20. The molecule has 0 saturated carbocycles. The van der Waals surface area contributed by atoms with E-state index in [2.05, 4.69) is 39.7 Å². The van der Waals surface area contributed by atoms with Gasteiger partial charge in [-0.15, -0.1) is 16.4 Å². The standard InChI is InChI=1S/C16H18N6OS/c1-11-3-2-4-12(7-11)16-19-13(10-24-16)8-18-15(23)14-9-22(6-5-17)21-20-14/h2-4,7,9-10H,5-6,8,17H2,1H3,(H,18,23). The lowest BCUT2D eigenvalue weighted by Crippen LogP contribution is -2.23. The zero-order chi connectivity index (χ0) is 16.9. The molecular formula is C16H18N6OS. The highest BCUT2D eigenvalue weighted by molar-refractivity contribution is 7.13. The van der Waals surface area contributed by atoms with E-state index in [1.165, 1.54) is 5.56 Å². The van der Waals surface area contributed by atoms with Crippen molar-refractivity contribution in [1.29, 1.82) is 0 Å². The number of hydrogen-bond acceptors (Lipinski definition) is 6. The topological polar surface area (TPSA) is 98.7 Å². The third kappa shape index (κ3) is 3.84. The SMILES string of the molecule is Cc1cccc(-c2nc(CNC(=O)c3cn(CCN)nn3)cs2)c1. The molecule has 7 nitrogen and oxygen atoms in total. The van der Waals surface area contributed by atoms with E-state index >= 15 is 0 Å². The van der Waals surface area contributed by atoms with Crippen LogP contribution in [0.4, 0.5) is 0 Å². The maximum atomic E-state index is 12.1. The Bertz CT molecular complexity index is 840. The van der Waals surface area contributed by atoms with Gasteiger partial charge < -0.3 is 11.1 Å². The number of rotatable bonds is 6. The smallest absolute Gasteiger partial charge is 0.273 e. The molecule has 3 aromatic rings. The first-order valence-electron chi connectivity index (χ1n) is 7.55. The first-order chi connectivity index (χ1) is 11.7. The van der Waals surface area contributed by atoms with Gasteiger partial charge in [0, 0.05) is 17.5 Å². The second-order valence-electron chi connectivity index (χ2n) is 5.35. The molecule has 1 aromatic carbocycles. The van der Waals surface area contributed by atoms with E-state index in [0.29, 0.717) is 19.6 Å². The van der Waals surface area contributed by atoms with Gasteiger partial charge in [0.05, 0.1) is 25.0 Å². The van der Waals surface area contributed by atoms with E-state index in [4.69, 9.17) is 5.73 Å². The highest BCUT2D eigenvalue weighted by Crippen LogP contribution is 2.24. The van der Waals surface area contributed by atoms with Crippen LogP contribution in [0, 0.1) is 6.92 Å². The molecule has 0 spiro atoms.